The van der Waals surface area contributed by atoms with Crippen molar-refractivity contribution in [1.29, 1.82) is 5.26 Å². The molecule has 6 nitrogen and oxygen atoms in total. The number of esters is 1. The molecule has 1 aliphatic heterocycles. The topological polar surface area (TPSA) is 79.6 Å². The molecule has 0 spiro atoms. The maximum Gasteiger partial charge on any atom is 0.313 e. The highest BCUT2D eigenvalue weighted by Crippen LogP contribution is 2.38. The van der Waals surface area contributed by atoms with Crippen LogP contribution in [0, 0.1) is 11.3 Å². The Bertz CT molecular complexity index is 983. The summed E-state index contributed by atoms with van der Waals surface area (Å²) < 4.78 is 11.6. The Balaban J connectivity index is 1.87. The van der Waals surface area contributed by atoms with E-state index < -0.39 is 5.97 Å². The van der Waals surface area contributed by atoms with Gasteiger partial charge in [-0.15, -0.1) is 0 Å². The third-order valence-electron chi connectivity index (χ3n) is 4.83. The van der Waals surface area contributed by atoms with Crippen LogP contribution in [0.15, 0.2) is 40.9 Å². The summed E-state index contributed by atoms with van der Waals surface area (Å²) in [6, 6.07) is 12.6. The number of halogens is 1. The van der Waals surface area contributed by atoms with E-state index in [0.717, 1.165) is 17.5 Å². The fourth-order valence-electron chi connectivity index (χ4n) is 3.56. The number of fused-ring (bicyclic) bond motifs is 1. The summed E-state index contributed by atoms with van der Waals surface area (Å²) in [6.07, 6.45) is 0.783. The van der Waals surface area contributed by atoms with Crippen molar-refractivity contribution in [1.82, 2.24) is 4.90 Å². The van der Waals surface area contributed by atoms with Crippen molar-refractivity contribution < 1.29 is 19.1 Å². The van der Waals surface area contributed by atoms with E-state index in [2.05, 4.69) is 15.9 Å². The minimum atomic E-state index is -0.482. The third-order valence-corrected chi connectivity index (χ3v) is 5.42. The lowest BCUT2D eigenvalue weighted by molar-refractivity contribution is -0.138. The van der Waals surface area contributed by atoms with Gasteiger partial charge in [0.25, 0.3) is 0 Å². The first-order valence-corrected chi connectivity index (χ1v) is 10.2. The number of nitriles is 1. The van der Waals surface area contributed by atoms with Crippen molar-refractivity contribution in [3.8, 4) is 17.6 Å². The predicted octanol–water partition coefficient (Wildman–Crippen LogP) is 4.16. The summed E-state index contributed by atoms with van der Waals surface area (Å²) in [7, 11) is 0. The van der Waals surface area contributed by atoms with Gasteiger partial charge in [0.1, 0.15) is 0 Å². The molecule has 7 heteroatoms. The number of nitrogens with zero attached hydrogens (tertiary/aromatic N) is 2. The number of amides is 1. The van der Waals surface area contributed by atoms with Gasteiger partial charge in [0.2, 0.25) is 5.91 Å². The molecule has 1 atom stereocenters. The Morgan fingerprint density at radius 3 is 2.76 bits per heavy atom. The minimum absolute atomic E-state index is 0.0224. The molecule has 0 bridgehead atoms. The standard InChI is InChI=1S/C22H21BrN2O4/c1-3-28-20-11-15(13-24)10-18(23)22(20)29-21(27)12-19-17-7-5-4-6-16(17)8-9-25(19)14(2)26/h4-7,10-11,19H,3,8-9,12H2,1-2H3. The average molecular weight is 457 g/mol. The van der Waals surface area contributed by atoms with Gasteiger partial charge in [0.15, 0.2) is 11.5 Å². The zero-order valence-corrected chi connectivity index (χ0v) is 17.9. The van der Waals surface area contributed by atoms with Crippen molar-refractivity contribution in [2.24, 2.45) is 0 Å². The van der Waals surface area contributed by atoms with Crippen molar-refractivity contribution in [2.45, 2.75) is 32.7 Å². The maximum atomic E-state index is 12.8. The Hall–Kier alpha value is -2.85. The Morgan fingerprint density at radius 2 is 2.07 bits per heavy atom. The molecule has 0 radical (unpaired) electrons. The van der Waals surface area contributed by atoms with Crippen LogP contribution in [-0.4, -0.2) is 29.9 Å². The molecule has 0 aromatic heterocycles. The Labute approximate surface area is 178 Å². The van der Waals surface area contributed by atoms with Gasteiger partial charge in [0, 0.05) is 19.5 Å². The van der Waals surface area contributed by atoms with Crippen LogP contribution in [0.25, 0.3) is 0 Å². The van der Waals surface area contributed by atoms with Crippen LogP contribution in [0.5, 0.6) is 11.5 Å². The zero-order valence-electron chi connectivity index (χ0n) is 16.3. The van der Waals surface area contributed by atoms with Crippen molar-refractivity contribution in [3.63, 3.8) is 0 Å². The summed E-state index contributed by atoms with van der Waals surface area (Å²) in [6.45, 7) is 4.24. The van der Waals surface area contributed by atoms with Crippen LogP contribution >= 0.6 is 15.9 Å². The minimum Gasteiger partial charge on any atom is -0.490 e. The van der Waals surface area contributed by atoms with E-state index in [9.17, 15) is 9.59 Å². The molecule has 0 saturated carbocycles. The zero-order chi connectivity index (χ0) is 21.0. The second-order valence-corrected chi connectivity index (χ2v) is 7.54. The summed E-state index contributed by atoms with van der Waals surface area (Å²) in [5, 5.41) is 9.15. The molecule has 3 rings (SSSR count). The summed E-state index contributed by atoms with van der Waals surface area (Å²) in [5.41, 5.74) is 2.50. The quantitative estimate of drug-likeness (QED) is 0.498. The third kappa shape index (κ3) is 4.60. The molecule has 2 aromatic carbocycles. The van der Waals surface area contributed by atoms with E-state index in [-0.39, 0.29) is 24.1 Å². The Morgan fingerprint density at radius 1 is 1.31 bits per heavy atom. The van der Waals surface area contributed by atoms with E-state index in [1.807, 2.05) is 37.3 Å². The molecular weight excluding hydrogens is 436 g/mol. The molecule has 0 fully saturated rings. The maximum absolute atomic E-state index is 12.8. The van der Waals surface area contributed by atoms with Gasteiger partial charge in [-0.3, -0.25) is 9.59 Å². The van der Waals surface area contributed by atoms with E-state index in [1.54, 1.807) is 11.0 Å². The summed E-state index contributed by atoms with van der Waals surface area (Å²) >= 11 is 3.35. The number of hydrogen-bond acceptors (Lipinski definition) is 5. The summed E-state index contributed by atoms with van der Waals surface area (Å²) in [4.78, 5) is 26.7. The molecule has 29 heavy (non-hydrogen) atoms. The molecule has 150 valence electrons. The van der Waals surface area contributed by atoms with E-state index in [0.29, 0.717) is 28.9 Å². The second kappa shape index (κ2) is 9.10. The number of ether oxygens (including phenoxy) is 2. The van der Waals surface area contributed by atoms with Gasteiger partial charge in [-0.05, 0) is 46.5 Å². The lowest BCUT2D eigenvalue weighted by atomic mass is 9.90. The molecule has 2 aromatic rings. The largest absolute Gasteiger partial charge is 0.490 e. The molecule has 0 N–H and O–H groups in total. The first-order valence-electron chi connectivity index (χ1n) is 9.36. The lowest BCUT2D eigenvalue weighted by Crippen LogP contribution is -2.40. The first-order chi connectivity index (χ1) is 13.9. The Kier molecular flexibility index (Phi) is 6.55. The molecule has 0 aliphatic carbocycles. The van der Waals surface area contributed by atoms with Crippen LogP contribution in [0.1, 0.15) is 43.0 Å². The van der Waals surface area contributed by atoms with E-state index in [4.69, 9.17) is 14.7 Å². The first kappa shape index (κ1) is 20.9. The number of carbonyl (C=O) groups excluding carboxylic acids is 2. The van der Waals surface area contributed by atoms with Gasteiger partial charge in [-0.25, -0.2) is 0 Å². The molecule has 1 aliphatic rings. The van der Waals surface area contributed by atoms with Gasteiger partial charge in [-0.1, -0.05) is 24.3 Å². The normalized spacial score (nSPS) is 15.2. The van der Waals surface area contributed by atoms with Crippen LogP contribution in [0.4, 0.5) is 0 Å². The molecule has 1 unspecified atom stereocenters. The van der Waals surface area contributed by atoms with Crippen LogP contribution in [0.2, 0.25) is 0 Å². The highest BCUT2D eigenvalue weighted by molar-refractivity contribution is 9.10. The molecular formula is C22H21BrN2O4. The fourth-order valence-corrected chi connectivity index (χ4v) is 4.08. The van der Waals surface area contributed by atoms with Crippen molar-refractivity contribution in [2.75, 3.05) is 13.2 Å². The van der Waals surface area contributed by atoms with Gasteiger partial charge in [0.05, 0.1) is 35.2 Å². The number of hydrogen-bond donors (Lipinski definition) is 0. The SMILES string of the molecule is CCOc1cc(C#N)cc(Br)c1OC(=O)CC1c2ccccc2CCN1C(C)=O. The smallest absolute Gasteiger partial charge is 0.313 e. The molecule has 1 amide bonds. The second-order valence-electron chi connectivity index (χ2n) is 6.69. The lowest BCUT2D eigenvalue weighted by Gasteiger charge is -2.36. The van der Waals surface area contributed by atoms with Gasteiger partial charge < -0.3 is 14.4 Å². The highest BCUT2D eigenvalue weighted by atomic mass is 79.9. The predicted molar refractivity (Wildman–Crippen MR) is 111 cm³/mol. The van der Waals surface area contributed by atoms with E-state index in [1.165, 1.54) is 13.0 Å². The number of benzene rings is 2. The number of rotatable bonds is 5. The number of carbonyl (C=O) groups is 2. The molecule has 1 heterocycles. The monoisotopic (exact) mass is 456 g/mol. The van der Waals surface area contributed by atoms with Gasteiger partial charge in [-0.2, -0.15) is 5.26 Å². The van der Waals surface area contributed by atoms with Crippen LogP contribution in [-0.2, 0) is 16.0 Å². The van der Waals surface area contributed by atoms with Crippen molar-refractivity contribution >= 4 is 27.8 Å². The van der Waals surface area contributed by atoms with Crippen LogP contribution in [0.3, 0.4) is 0 Å². The van der Waals surface area contributed by atoms with Gasteiger partial charge >= 0.3 is 5.97 Å². The van der Waals surface area contributed by atoms with E-state index >= 15 is 0 Å². The summed E-state index contributed by atoms with van der Waals surface area (Å²) in [5.74, 6) is -0.00950. The molecule has 0 saturated heterocycles. The van der Waals surface area contributed by atoms with Crippen molar-refractivity contribution in [3.05, 3.63) is 57.6 Å². The van der Waals surface area contributed by atoms with Crippen LogP contribution < -0.4 is 9.47 Å². The average Bonchev–Trinajstić information content (AvgIpc) is 2.70. The fraction of sp³-hybridized carbons (Fsp3) is 0.318. The highest BCUT2D eigenvalue weighted by Gasteiger charge is 2.31.